The molecule has 0 aliphatic carbocycles. The first kappa shape index (κ1) is 16.6. The van der Waals surface area contributed by atoms with Crippen LogP contribution >= 0.6 is 11.3 Å². The van der Waals surface area contributed by atoms with Crippen LogP contribution in [-0.4, -0.2) is 23.2 Å². The van der Waals surface area contributed by atoms with Gasteiger partial charge < -0.3 is 0 Å². The van der Waals surface area contributed by atoms with E-state index in [0.29, 0.717) is 0 Å². The molecule has 2 heterocycles. The Morgan fingerprint density at radius 3 is 2.46 bits per heavy atom. The summed E-state index contributed by atoms with van der Waals surface area (Å²) in [5.41, 5.74) is -1.80. The number of hydrogen-bond donors (Lipinski definition) is 1. The molecule has 0 spiro atoms. The normalized spacial score (nSPS) is 12.5. The molecule has 24 heavy (non-hydrogen) atoms. The molecule has 2 aromatic heterocycles. The number of hydrogen-bond acceptors (Lipinski definition) is 5. The summed E-state index contributed by atoms with van der Waals surface area (Å²) >= 11 is 1.08. The maximum absolute atomic E-state index is 13.5. The quantitative estimate of drug-likeness (QED) is 0.763. The lowest BCUT2D eigenvalue weighted by atomic mass is 10.1. The van der Waals surface area contributed by atoms with Gasteiger partial charge in [-0.2, -0.15) is 18.3 Å². The Bertz CT molecular complexity index is 966. The van der Waals surface area contributed by atoms with Crippen molar-refractivity contribution in [2.45, 2.75) is 11.1 Å². The van der Waals surface area contributed by atoms with Gasteiger partial charge in [-0.15, -0.1) is 11.3 Å². The topological polar surface area (TPSA) is 90.9 Å². The van der Waals surface area contributed by atoms with Crippen LogP contribution in [-0.2, 0) is 16.2 Å². The molecule has 0 saturated heterocycles. The Hall–Kier alpha value is -2.24. The number of primary sulfonamides is 1. The lowest BCUT2D eigenvalue weighted by Gasteiger charge is -2.17. The number of nitrogens with two attached hydrogens (primary N) is 1. The Kier molecular flexibility index (Phi) is 3.94. The molecule has 0 aliphatic heterocycles. The Balaban J connectivity index is 2.43. The first-order valence-corrected chi connectivity index (χ1v) is 8.78. The number of aromatic nitrogens is 3. The van der Waals surface area contributed by atoms with E-state index in [9.17, 15) is 21.6 Å². The highest BCUT2D eigenvalue weighted by atomic mass is 32.2. The molecule has 1 aromatic carbocycles. The van der Waals surface area contributed by atoms with E-state index in [1.165, 1.54) is 24.7 Å². The molecule has 0 saturated carbocycles. The van der Waals surface area contributed by atoms with Crippen molar-refractivity contribution < 1.29 is 21.6 Å². The average Bonchev–Trinajstić information content (AvgIpc) is 3.17. The van der Waals surface area contributed by atoms with Crippen LogP contribution in [0, 0.1) is 0 Å². The summed E-state index contributed by atoms with van der Waals surface area (Å²) in [5.74, 6) is 0. The molecule has 0 atom stereocenters. The molecule has 0 fully saturated rings. The summed E-state index contributed by atoms with van der Waals surface area (Å²) in [5, 5.41) is 10.7. The monoisotopic (exact) mass is 374 g/mol. The van der Waals surface area contributed by atoms with Crippen LogP contribution in [0.5, 0.6) is 0 Å². The lowest BCUT2D eigenvalue weighted by molar-refractivity contribution is -0.137. The van der Waals surface area contributed by atoms with Gasteiger partial charge in [-0.3, -0.25) is 0 Å². The summed E-state index contributed by atoms with van der Waals surface area (Å²) in [4.78, 5) is 3.24. The molecule has 11 heteroatoms. The molecule has 0 radical (unpaired) electrons. The van der Waals surface area contributed by atoms with Crippen LogP contribution in [0.1, 0.15) is 5.56 Å². The van der Waals surface area contributed by atoms with Crippen LogP contribution in [0.3, 0.4) is 0 Å². The van der Waals surface area contributed by atoms with E-state index in [-0.39, 0.29) is 10.6 Å². The lowest BCUT2D eigenvalue weighted by Crippen LogP contribution is -2.20. The van der Waals surface area contributed by atoms with Gasteiger partial charge in [0.15, 0.2) is 0 Å². The second-order valence-electron chi connectivity index (χ2n) is 4.70. The first-order chi connectivity index (χ1) is 11.2. The van der Waals surface area contributed by atoms with E-state index in [1.54, 1.807) is 5.38 Å². The molecular formula is C13H9F3N4O2S2. The molecule has 0 unspecified atom stereocenters. The van der Waals surface area contributed by atoms with Gasteiger partial charge in [-0.25, -0.2) is 23.2 Å². The van der Waals surface area contributed by atoms with E-state index >= 15 is 0 Å². The van der Waals surface area contributed by atoms with Crippen molar-refractivity contribution in [2.75, 3.05) is 0 Å². The number of halogens is 3. The number of benzene rings is 1. The van der Waals surface area contributed by atoms with Gasteiger partial charge in [0.2, 0.25) is 10.0 Å². The van der Waals surface area contributed by atoms with Gasteiger partial charge in [-0.05, 0) is 18.2 Å². The number of rotatable bonds is 3. The zero-order valence-electron chi connectivity index (χ0n) is 11.7. The summed E-state index contributed by atoms with van der Waals surface area (Å²) in [7, 11) is -4.44. The zero-order valence-corrected chi connectivity index (χ0v) is 13.4. The van der Waals surface area contributed by atoms with Crippen LogP contribution in [0.2, 0.25) is 0 Å². The van der Waals surface area contributed by atoms with E-state index in [2.05, 4.69) is 10.1 Å². The fourth-order valence-corrected chi connectivity index (χ4v) is 3.56. The number of thiazole rings is 1. The van der Waals surface area contributed by atoms with Crippen LogP contribution in [0.4, 0.5) is 13.2 Å². The molecule has 0 bridgehead atoms. The van der Waals surface area contributed by atoms with E-state index in [0.717, 1.165) is 28.2 Å². The fourth-order valence-electron chi connectivity index (χ4n) is 2.17. The highest BCUT2D eigenvalue weighted by molar-refractivity contribution is 7.89. The minimum absolute atomic E-state index is 0.0113. The minimum atomic E-state index is -4.81. The maximum Gasteiger partial charge on any atom is 0.418 e. The molecule has 3 aromatic rings. The minimum Gasteiger partial charge on any atom is -0.245 e. The van der Waals surface area contributed by atoms with Gasteiger partial charge >= 0.3 is 6.18 Å². The zero-order chi connectivity index (χ0) is 17.5. The maximum atomic E-state index is 13.5. The molecule has 3 rings (SSSR count). The van der Waals surface area contributed by atoms with E-state index in [4.69, 9.17) is 5.14 Å². The number of sulfonamides is 1. The van der Waals surface area contributed by atoms with Crippen molar-refractivity contribution >= 4 is 21.4 Å². The average molecular weight is 374 g/mol. The Morgan fingerprint density at radius 2 is 1.96 bits per heavy atom. The standard InChI is InChI=1S/C13H9F3N4O2S2/c14-13(15,16)9-6-8(12-18-3-5-23-12)7-10(24(17,21)22)11(9)20-4-1-2-19-20/h1-7H,(H2,17,21,22). The molecule has 126 valence electrons. The smallest absolute Gasteiger partial charge is 0.245 e. The molecular weight excluding hydrogens is 365 g/mol. The highest BCUT2D eigenvalue weighted by Gasteiger charge is 2.38. The molecule has 6 nitrogen and oxygen atoms in total. The SMILES string of the molecule is NS(=O)(=O)c1cc(-c2nccs2)cc(C(F)(F)F)c1-n1cccn1. The van der Waals surface area contributed by atoms with Crippen molar-refractivity contribution in [3.05, 3.63) is 47.7 Å². The van der Waals surface area contributed by atoms with Crippen LogP contribution in [0.25, 0.3) is 16.3 Å². The van der Waals surface area contributed by atoms with Crippen LogP contribution < -0.4 is 5.14 Å². The third-order valence-corrected chi connectivity index (χ3v) is 4.85. The van der Waals surface area contributed by atoms with Gasteiger partial charge in [0.25, 0.3) is 0 Å². The second kappa shape index (κ2) is 5.69. The van der Waals surface area contributed by atoms with Gasteiger partial charge in [0.05, 0.1) is 11.3 Å². The summed E-state index contributed by atoms with van der Waals surface area (Å²) in [6, 6.07) is 3.28. The third-order valence-electron chi connectivity index (χ3n) is 3.10. The summed E-state index contributed by atoms with van der Waals surface area (Å²) in [6.45, 7) is 0. The highest BCUT2D eigenvalue weighted by Crippen LogP contribution is 2.40. The molecule has 0 aliphatic rings. The molecule has 2 N–H and O–H groups in total. The predicted molar refractivity (Wildman–Crippen MR) is 81.0 cm³/mol. The second-order valence-corrected chi connectivity index (χ2v) is 7.13. The summed E-state index contributed by atoms with van der Waals surface area (Å²) < 4.78 is 65.2. The number of alkyl halides is 3. The summed E-state index contributed by atoms with van der Waals surface area (Å²) in [6.07, 6.45) is -0.955. The Morgan fingerprint density at radius 1 is 1.21 bits per heavy atom. The Labute approximate surface area is 138 Å². The van der Waals surface area contributed by atoms with Gasteiger partial charge in [-0.1, -0.05) is 0 Å². The molecule has 0 amide bonds. The number of nitrogens with zero attached hydrogens (tertiary/aromatic N) is 3. The van der Waals surface area contributed by atoms with Crippen LogP contribution in [0.15, 0.2) is 47.1 Å². The first-order valence-electron chi connectivity index (χ1n) is 6.36. The van der Waals surface area contributed by atoms with Crippen molar-refractivity contribution in [3.63, 3.8) is 0 Å². The van der Waals surface area contributed by atoms with Gasteiger partial charge in [0.1, 0.15) is 9.90 Å². The third kappa shape index (κ3) is 3.05. The van der Waals surface area contributed by atoms with Crippen molar-refractivity contribution in [2.24, 2.45) is 5.14 Å². The van der Waals surface area contributed by atoms with Crippen molar-refractivity contribution in [3.8, 4) is 16.3 Å². The van der Waals surface area contributed by atoms with E-state index in [1.807, 2.05) is 0 Å². The fraction of sp³-hybridized carbons (Fsp3) is 0.0769. The predicted octanol–water partition coefficient (Wildman–Crippen LogP) is 2.66. The van der Waals surface area contributed by atoms with Gasteiger partial charge in [0, 0.05) is 29.5 Å². The van der Waals surface area contributed by atoms with E-state index < -0.39 is 32.3 Å². The van der Waals surface area contributed by atoms with Crippen molar-refractivity contribution in [1.29, 1.82) is 0 Å². The largest absolute Gasteiger partial charge is 0.418 e. The van der Waals surface area contributed by atoms with Crippen molar-refractivity contribution in [1.82, 2.24) is 14.8 Å².